The topological polar surface area (TPSA) is 77.0 Å². The lowest BCUT2D eigenvalue weighted by atomic mass is 10.1. The molecule has 0 aliphatic carbocycles. The van der Waals surface area contributed by atoms with E-state index in [0.29, 0.717) is 30.2 Å². The highest BCUT2D eigenvalue weighted by Crippen LogP contribution is 2.34. The van der Waals surface area contributed by atoms with E-state index < -0.39 is 12.0 Å². The number of nitrogens with one attached hydrogen (secondary N) is 1. The summed E-state index contributed by atoms with van der Waals surface area (Å²) in [7, 11) is 1.62. The van der Waals surface area contributed by atoms with Crippen molar-refractivity contribution in [2.24, 2.45) is 0 Å². The lowest BCUT2D eigenvalue weighted by Crippen LogP contribution is -2.29. The molecule has 0 fully saturated rings. The minimum Gasteiger partial charge on any atom is -0.480 e. The van der Waals surface area contributed by atoms with Crippen LogP contribution in [0.4, 0.5) is 0 Å². The Balaban J connectivity index is 2.04. The van der Waals surface area contributed by atoms with Gasteiger partial charge in [0.15, 0.2) is 11.5 Å². The SMILES string of the molecule is COCCCNC(C(=O)O)c1ccc2c(c1)OCO2. The number of benzene rings is 1. The van der Waals surface area contributed by atoms with E-state index in [1.54, 1.807) is 25.3 Å². The van der Waals surface area contributed by atoms with Gasteiger partial charge >= 0.3 is 5.97 Å². The molecule has 1 aromatic rings. The van der Waals surface area contributed by atoms with Crippen molar-refractivity contribution >= 4 is 5.97 Å². The molecule has 0 radical (unpaired) electrons. The minimum absolute atomic E-state index is 0.178. The maximum absolute atomic E-state index is 11.3. The lowest BCUT2D eigenvalue weighted by Gasteiger charge is -2.15. The van der Waals surface area contributed by atoms with Crippen molar-refractivity contribution in [1.82, 2.24) is 5.32 Å². The first-order chi connectivity index (χ1) is 9.22. The molecule has 0 aromatic heterocycles. The van der Waals surface area contributed by atoms with Crippen LogP contribution in [-0.4, -0.2) is 38.1 Å². The number of fused-ring (bicyclic) bond motifs is 1. The number of carbonyl (C=O) groups is 1. The van der Waals surface area contributed by atoms with Gasteiger partial charge in [0.25, 0.3) is 0 Å². The fourth-order valence-corrected chi connectivity index (χ4v) is 1.90. The van der Waals surface area contributed by atoms with E-state index in [1.165, 1.54) is 0 Å². The van der Waals surface area contributed by atoms with Gasteiger partial charge in [-0.2, -0.15) is 0 Å². The van der Waals surface area contributed by atoms with Crippen LogP contribution in [0.25, 0.3) is 0 Å². The summed E-state index contributed by atoms with van der Waals surface area (Å²) in [5, 5.41) is 12.3. The van der Waals surface area contributed by atoms with Gasteiger partial charge in [-0.3, -0.25) is 4.79 Å². The standard InChI is InChI=1S/C13H17NO5/c1-17-6-2-5-14-12(13(15)16)9-3-4-10-11(7-9)19-8-18-10/h3-4,7,12,14H,2,5-6,8H2,1H3,(H,15,16). The highest BCUT2D eigenvalue weighted by molar-refractivity contribution is 5.76. The molecule has 6 nitrogen and oxygen atoms in total. The van der Waals surface area contributed by atoms with Crippen LogP contribution in [0, 0.1) is 0 Å². The zero-order valence-corrected chi connectivity index (χ0v) is 10.7. The number of aliphatic carboxylic acids is 1. The maximum Gasteiger partial charge on any atom is 0.325 e. The van der Waals surface area contributed by atoms with Crippen LogP contribution in [0.15, 0.2) is 18.2 Å². The Labute approximate surface area is 111 Å². The molecule has 2 rings (SSSR count). The Hall–Kier alpha value is -1.79. The van der Waals surface area contributed by atoms with Crippen LogP contribution >= 0.6 is 0 Å². The molecule has 104 valence electrons. The molecule has 1 aliphatic heterocycles. The fraction of sp³-hybridized carbons (Fsp3) is 0.462. The molecule has 1 aromatic carbocycles. The van der Waals surface area contributed by atoms with Crippen molar-refractivity contribution in [2.75, 3.05) is 27.1 Å². The van der Waals surface area contributed by atoms with E-state index in [4.69, 9.17) is 14.2 Å². The van der Waals surface area contributed by atoms with Gasteiger partial charge in [0.2, 0.25) is 6.79 Å². The van der Waals surface area contributed by atoms with E-state index in [9.17, 15) is 9.90 Å². The number of rotatable bonds is 7. The van der Waals surface area contributed by atoms with Crippen LogP contribution in [0.2, 0.25) is 0 Å². The summed E-state index contributed by atoms with van der Waals surface area (Å²) >= 11 is 0. The predicted octanol–water partition coefficient (Wildman–Crippen LogP) is 1.17. The van der Waals surface area contributed by atoms with Gasteiger partial charge in [-0.1, -0.05) is 6.07 Å². The quantitative estimate of drug-likeness (QED) is 0.722. The first-order valence-electron chi connectivity index (χ1n) is 6.07. The molecular weight excluding hydrogens is 250 g/mol. The Morgan fingerprint density at radius 1 is 1.47 bits per heavy atom. The molecule has 1 heterocycles. The minimum atomic E-state index is -0.920. The van der Waals surface area contributed by atoms with E-state index in [0.717, 1.165) is 6.42 Å². The zero-order valence-electron chi connectivity index (χ0n) is 10.7. The Morgan fingerprint density at radius 3 is 3.00 bits per heavy atom. The number of ether oxygens (including phenoxy) is 3. The van der Waals surface area contributed by atoms with Crippen molar-refractivity contribution in [2.45, 2.75) is 12.5 Å². The van der Waals surface area contributed by atoms with Gasteiger partial charge in [0.05, 0.1) is 0 Å². The highest BCUT2D eigenvalue weighted by Gasteiger charge is 2.22. The molecular formula is C13H17NO5. The largest absolute Gasteiger partial charge is 0.480 e. The van der Waals surface area contributed by atoms with Gasteiger partial charge in [0, 0.05) is 13.7 Å². The van der Waals surface area contributed by atoms with Crippen molar-refractivity contribution in [3.05, 3.63) is 23.8 Å². The van der Waals surface area contributed by atoms with Crippen molar-refractivity contribution in [1.29, 1.82) is 0 Å². The first kappa shape index (κ1) is 13.6. The third-order valence-electron chi connectivity index (χ3n) is 2.85. The van der Waals surface area contributed by atoms with Gasteiger partial charge in [0.1, 0.15) is 6.04 Å². The normalized spacial score (nSPS) is 14.4. The molecule has 0 bridgehead atoms. The third-order valence-corrected chi connectivity index (χ3v) is 2.85. The zero-order chi connectivity index (χ0) is 13.7. The predicted molar refractivity (Wildman–Crippen MR) is 67.4 cm³/mol. The second-order valence-electron chi connectivity index (χ2n) is 4.18. The van der Waals surface area contributed by atoms with Crippen LogP contribution in [-0.2, 0) is 9.53 Å². The second-order valence-corrected chi connectivity index (χ2v) is 4.18. The number of carboxylic acids is 1. The molecule has 6 heteroatoms. The summed E-state index contributed by atoms with van der Waals surface area (Å²) in [6.45, 7) is 1.34. The van der Waals surface area contributed by atoms with Crippen molar-refractivity contribution in [3.8, 4) is 11.5 Å². The smallest absolute Gasteiger partial charge is 0.325 e. The Kier molecular flexibility index (Phi) is 4.59. The van der Waals surface area contributed by atoms with E-state index in [2.05, 4.69) is 5.32 Å². The summed E-state index contributed by atoms with van der Waals surface area (Å²) < 4.78 is 15.4. The molecule has 0 amide bonds. The molecule has 0 saturated heterocycles. The Bertz CT molecular complexity index is 449. The number of hydrogen-bond donors (Lipinski definition) is 2. The highest BCUT2D eigenvalue weighted by atomic mass is 16.7. The van der Waals surface area contributed by atoms with Gasteiger partial charge in [-0.05, 0) is 30.7 Å². The van der Waals surface area contributed by atoms with Gasteiger partial charge in [-0.15, -0.1) is 0 Å². The summed E-state index contributed by atoms with van der Waals surface area (Å²) in [4.78, 5) is 11.3. The van der Waals surface area contributed by atoms with E-state index in [1.807, 2.05) is 0 Å². The number of carboxylic acid groups (broad SMARTS) is 1. The van der Waals surface area contributed by atoms with Crippen molar-refractivity contribution in [3.63, 3.8) is 0 Å². The van der Waals surface area contributed by atoms with Crippen LogP contribution in [0.1, 0.15) is 18.0 Å². The van der Waals surface area contributed by atoms with Crippen LogP contribution in [0.5, 0.6) is 11.5 Å². The average Bonchev–Trinajstić information content (AvgIpc) is 2.85. The third kappa shape index (κ3) is 3.36. The first-order valence-corrected chi connectivity index (χ1v) is 6.07. The molecule has 19 heavy (non-hydrogen) atoms. The average molecular weight is 267 g/mol. The van der Waals surface area contributed by atoms with Crippen LogP contribution < -0.4 is 14.8 Å². The van der Waals surface area contributed by atoms with E-state index in [-0.39, 0.29) is 6.79 Å². The molecule has 1 atom stereocenters. The summed E-state index contributed by atoms with van der Waals surface area (Å²) in [5.74, 6) is 0.311. The molecule has 2 N–H and O–H groups in total. The summed E-state index contributed by atoms with van der Waals surface area (Å²) in [6.07, 6.45) is 0.755. The number of methoxy groups -OCH3 is 1. The molecule has 1 aliphatic rings. The van der Waals surface area contributed by atoms with Crippen molar-refractivity contribution < 1.29 is 24.1 Å². The molecule has 0 saturated carbocycles. The van der Waals surface area contributed by atoms with E-state index >= 15 is 0 Å². The Morgan fingerprint density at radius 2 is 2.26 bits per heavy atom. The summed E-state index contributed by atoms with van der Waals surface area (Å²) in [6, 6.07) is 4.40. The van der Waals surface area contributed by atoms with Gasteiger partial charge in [-0.25, -0.2) is 0 Å². The second kappa shape index (κ2) is 6.40. The molecule has 1 unspecified atom stereocenters. The lowest BCUT2D eigenvalue weighted by molar-refractivity contribution is -0.139. The number of hydrogen-bond acceptors (Lipinski definition) is 5. The fourth-order valence-electron chi connectivity index (χ4n) is 1.90. The molecule has 0 spiro atoms. The summed E-state index contributed by atoms with van der Waals surface area (Å²) in [5.41, 5.74) is 0.647. The maximum atomic E-state index is 11.3. The monoisotopic (exact) mass is 267 g/mol. The van der Waals surface area contributed by atoms with Gasteiger partial charge < -0.3 is 24.6 Å². The van der Waals surface area contributed by atoms with Crippen LogP contribution in [0.3, 0.4) is 0 Å².